The Bertz CT molecular complexity index is 556. The number of hydrogen-bond acceptors (Lipinski definition) is 2. The van der Waals surface area contributed by atoms with Crippen molar-refractivity contribution in [2.45, 2.75) is 11.8 Å². The van der Waals surface area contributed by atoms with Crippen molar-refractivity contribution in [2.24, 2.45) is 0 Å². The Morgan fingerprint density at radius 3 is 2.11 bits per heavy atom. The van der Waals surface area contributed by atoms with Crippen LogP contribution >= 0.6 is 15.9 Å². The highest BCUT2D eigenvalue weighted by atomic mass is 79.9. The van der Waals surface area contributed by atoms with Crippen LogP contribution in [0.2, 0.25) is 0 Å². The largest absolute Gasteiger partial charge is 0.427 e. The van der Waals surface area contributed by atoms with Crippen molar-refractivity contribution in [3.8, 4) is 0 Å². The number of alkyl halides is 3. The number of aliphatic hydroxyl groups is 1. The fourth-order valence-electron chi connectivity index (χ4n) is 1.72. The van der Waals surface area contributed by atoms with E-state index >= 15 is 0 Å². The van der Waals surface area contributed by atoms with E-state index in [9.17, 15) is 18.3 Å². The number of pyridine rings is 1. The summed E-state index contributed by atoms with van der Waals surface area (Å²) in [6, 6.07) is 9.35. The quantitative estimate of drug-likeness (QED) is 0.911. The molecule has 0 saturated carbocycles. The van der Waals surface area contributed by atoms with Crippen LogP contribution in [0.5, 0.6) is 0 Å². The Morgan fingerprint density at radius 2 is 1.63 bits per heavy atom. The zero-order valence-electron chi connectivity index (χ0n) is 9.53. The van der Waals surface area contributed by atoms with Crippen LogP contribution in [0.3, 0.4) is 0 Å². The lowest BCUT2D eigenvalue weighted by atomic mass is 9.89. The first-order valence-electron chi connectivity index (χ1n) is 5.32. The van der Waals surface area contributed by atoms with Crippen molar-refractivity contribution in [3.63, 3.8) is 0 Å². The Morgan fingerprint density at radius 1 is 1.00 bits per heavy atom. The van der Waals surface area contributed by atoms with Gasteiger partial charge in [0, 0.05) is 10.7 Å². The molecule has 100 valence electrons. The molecule has 1 atom stereocenters. The van der Waals surface area contributed by atoms with Gasteiger partial charge < -0.3 is 5.11 Å². The van der Waals surface area contributed by atoms with E-state index < -0.39 is 17.5 Å². The van der Waals surface area contributed by atoms with Crippen LogP contribution in [0.15, 0.2) is 53.1 Å². The summed E-state index contributed by atoms with van der Waals surface area (Å²) in [5.41, 5.74) is -3.85. The van der Waals surface area contributed by atoms with Crippen molar-refractivity contribution < 1.29 is 18.3 Å². The molecule has 0 bridgehead atoms. The maximum absolute atomic E-state index is 13.3. The van der Waals surface area contributed by atoms with Gasteiger partial charge in [0.2, 0.25) is 5.60 Å². The summed E-state index contributed by atoms with van der Waals surface area (Å²) in [7, 11) is 0. The minimum absolute atomic E-state index is 0.276. The lowest BCUT2D eigenvalue weighted by Crippen LogP contribution is -2.44. The number of rotatable bonds is 2. The lowest BCUT2D eigenvalue weighted by Gasteiger charge is -2.30. The number of hydrogen-bond donors (Lipinski definition) is 1. The predicted molar refractivity (Wildman–Crippen MR) is 67.4 cm³/mol. The van der Waals surface area contributed by atoms with Gasteiger partial charge in [-0.25, -0.2) is 0 Å². The highest BCUT2D eigenvalue weighted by Gasteiger charge is 2.57. The van der Waals surface area contributed by atoms with E-state index in [0.29, 0.717) is 4.47 Å². The van der Waals surface area contributed by atoms with Crippen molar-refractivity contribution in [3.05, 3.63) is 64.4 Å². The molecule has 1 aromatic heterocycles. The van der Waals surface area contributed by atoms with Crippen molar-refractivity contribution in [1.29, 1.82) is 0 Å². The highest BCUT2D eigenvalue weighted by molar-refractivity contribution is 9.10. The first-order valence-corrected chi connectivity index (χ1v) is 6.11. The van der Waals surface area contributed by atoms with Gasteiger partial charge in [-0.05, 0) is 29.8 Å². The highest BCUT2D eigenvalue weighted by Crippen LogP contribution is 2.43. The van der Waals surface area contributed by atoms with E-state index in [1.165, 1.54) is 42.6 Å². The summed E-state index contributed by atoms with van der Waals surface area (Å²) in [4.78, 5) is 3.63. The molecule has 1 N–H and O–H groups in total. The van der Waals surface area contributed by atoms with Crippen molar-refractivity contribution in [1.82, 2.24) is 4.98 Å². The van der Waals surface area contributed by atoms with Gasteiger partial charge in [-0.15, -0.1) is 0 Å². The van der Waals surface area contributed by atoms with E-state index in [-0.39, 0.29) is 5.56 Å². The van der Waals surface area contributed by atoms with E-state index in [4.69, 9.17) is 0 Å². The van der Waals surface area contributed by atoms with Crippen LogP contribution in [0, 0.1) is 0 Å². The van der Waals surface area contributed by atoms with Gasteiger partial charge in [-0.1, -0.05) is 34.1 Å². The summed E-state index contributed by atoms with van der Waals surface area (Å²) in [5, 5.41) is 10.2. The van der Waals surface area contributed by atoms with Gasteiger partial charge in [0.05, 0.1) is 5.69 Å². The zero-order valence-corrected chi connectivity index (χ0v) is 11.1. The average molecular weight is 332 g/mol. The maximum Gasteiger partial charge on any atom is 0.427 e. The molecule has 1 heterocycles. The monoisotopic (exact) mass is 331 g/mol. The van der Waals surface area contributed by atoms with Crippen LogP contribution in [0.25, 0.3) is 0 Å². The Kier molecular flexibility index (Phi) is 3.64. The summed E-state index contributed by atoms with van der Waals surface area (Å²) >= 11 is 3.14. The molecule has 1 unspecified atom stereocenters. The minimum atomic E-state index is -4.87. The Hall–Kier alpha value is -1.40. The Balaban J connectivity index is 2.63. The van der Waals surface area contributed by atoms with Gasteiger partial charge in [0.1, 0.15) is 0 Å². The molecule has 2 rings (SSSR count). The maximum atomic E-state index is 13.3. The molecule has 19 heavy (non-hydrogen) atoms. The van der Waals surface area contributed by atoms with E-state index in [0.717, 1.165) is 6.07 Å². The second-order valence-corrected chi connectivity index (χ2v) is 4.85. The number of nitrogens with zero attached hydrogens (tertiary/aromatic N) is 1. The van der Waals surface area contributed by atoms with Crippen LogP contribution < -0.4 is 0 Å². The molecule has 0 radical (unpaired) electrons. The lowest BCUT2D eigenvalue weighted by molar-refractivity contribution is -0.249. The predicted octanol–water partition coefficient (Wildman–Crippen LogP) is 3.64. The summed E-state index contributed by atoms with van der Waals surface area (Å²) in [5.74, 6) is 0. The van der Waals surface area contributed by atoms with Crippen molar-refractivity contribution >= 4 is 15.9 Å². The topological polar surface area (TPSA) is 33.1 Å². The van der Waals surface area contributed by atoms with Gasteiger partial charge in [-0.2, -0.15) is 13.2 Å². The summed E-state index contributed by atoms with van der Waals surface area (Å²) in [6.45, 7) is 0. The molecule has 2 aromatic rings. The smallest absolute Gasteiger partial charge is 0.371 e. The molecular formula is C13H9BrF3NO. The molecule has 0 aliphatic rings. The fourth-order valence-corrected chi connectivity index (χ4v) is 1.99. The SMILES string of the molecule is OC(c1ccc(Br)cc1)(c1ccccn1)C(F)(F)F. The molecule has 2 nitrogen and oxygen atoms in total. The van der Waals surface area contributed by atoms with Gasteiger partial charge >= 0.3 is 6.18 Å². The standard InChI is InChI=1S/C13H9BrF3NO/c14-10-6-4-9(5-7-10)12(19,13(15,16)17)11-3-1-2-8-18-11/h1-8,19H. The van der Waals surface area contributed by atoms with Gasteiger partial charge in [0.15, 0.2) is 0 Å². The fraction of sp³-hybridized carbons (Fsp3) is 0.154. The number of benzene rings is 1. The molecule has 0 aliphatic carbocycles. The Labute approximate surface area is 116 Å². The molecule has 0 amide bonds. The molecule has 6 heteroatoms. The van der Waals surface area contributed by atoms with Crippen molar-refractivity contribution in [2.75, 3.05) is 0 Å². The van der Waals surface area contributed by atoms with E-state index in [1.807, 2.05) is 0 Å². The van der Waals surface area contributed by atoms with Crippen LogP contribution in [0.4, 0.5) is 13.2 Å². The molecule has 0 saturated heterocycles. The average Bonchev–Trinajstić information content (AvgIpc) is 2.38. The van der Waals surface area contributed by atoms with E-state index in [1.54, 1.807) is 0 Å². The second kappa shape index (κ2) is 4.94. The third-order valence-electron chi connectivity index (χ3n) is 2.71. The van der Waals surface area contributed by atoms with Gasteiger partial charge in [0.25, 0.3) is 0 Å². The van der Waals surface area contributed by atoms with Crippen LogP contribution in [0.1, 0.15) is 11.3 Å². The van der Waals surface area contributed by atoms with Gasteiger partial charge in [-0.3, -0.25) is 4.98 Å². The number of aromatic nitrogens is 1. The molecule has 0 aliphatic heterocycles. The molecule has 1 aromatic carbocycles. The third kappa shape index (κ3) is 2.50. The summed E-state index contributed by atoms with van der Waals surface area (Å²) < 4.78 is 40.5. The zero-order chi connectivity index (χ0) is 14.1. The first-order chi connectivity index (χ1) is 8.85. The first kappa shape index (κ1) is 14.0. The minimum Gasteiger partial charge on any atom is -0.371 e. The van der Waals surface area contributed by atoms with Crippen LogP contribution in [-0.2, 0) is 5.60 Å². The number of halogens is 4. The molecule has 0 spiro atoms. The van der Waals surface area contributed by atoms with E-state index in [2.05, 4.69) is 20.9 Å². The summed E-state index contributed by atoms with van der Waals surface area (Å²) in [6.07, 6.45) is -3.65. The molecule has 0 fully saturated rings. The third-order valence-corrected chi connectivity index (χ3v) is 3.24. The molecular weight excluding hydrogens is 323 g/mol. The normalized spacial score (nSPS) is 15.0. The van der Waals surface area contributed by atoms with Crippen LogP contribution in [-0.4, -0.2) is 16.3 Å². The second-order valence-electron chi connectivity index (χ2n) is 3.93.